The van der Waals surface area contributed by atoms with Gasteiger partial charge < -0.3 is 26.6 Å². The van der Waals surface area contributed by atoms with E-state index in [4.69, 9.17) is 5.73 Å². The van der Waals surface area contributed by atoms with Gasteiger partial charge in [0, 0.05) is 19.0 Å². The molecule has 12 heteroatoms. The third kappa shape index (κ3) is 11.1. The summed E-state index contributed by atoms with van der Waals surface area (Å²) >= 11 is 1.34. The zero-order chi connectivity index (χ0) is 32.5. The first-order valence-electron chi connectivity index (χ1n) is 15.1. The van der Waals surface area contributed by atoms with Gasteiger partial charge >= 0.3 is 6.03 Å². The van der Waals surface area contributed by atoms with Crippen LogP contribution in [0.4, 0.5) is 4.79 Å². The number of thiophene rings is 1. The maximum Gasteiger partial charge on any atom is 0.315 e. The summed E-state index contributed by atoms with van der Waals surface area (Å²) in [5, 5.41) is 9.99. The number of rotatable bonds is 12. The van der Waals surface area contributed by atoms with Crippen molar-refractivity contribution in [1.82, 2.24) is 20.9 Å². The molecule has 0 aromatic carbocycles. The molecule has 3 rings (SSSR count). The Balaban J connectivity index is 0.00000148. The molecule has 1 aliphatic carbocycles. The highest BCUT2D eigenvalue weighted by molar-refractivity contribution is 7.12. The van der Waals surface area contributed by atoms with Crippen LogP contribution in [0.5, 0.6) is 0 Å². The maximum absolute atomic E-state index is 13.7. The summed E-state index contributed by atoms with van der Waals surface area (Å²) in [7, 11) is 0. The first-order valence-corrected chi connectivity index (χ1v) is 16.0. The van der Waals surface area contributed by atoms with Gasteiger partial charge in [-0.15, -0.1) is 11.3 Å². The van der Waals surface area contributed by atoms with E-state index in [0.717, 1.165) is 5.92 Å². The summed E-state index contributed by atoms with van der Waals surface area (Å²) in [5.41, 5.74) is 4.38. The van der Waals surface area contributed by atoms with E-state index < -0.39 is 59.1 Å². The number of carbonyl (C=O) groups is 6. The van der Waals surface area contributed by atoms with Crippen molar-refractivity contribution in [2.24, 2.45) is 23.0 Å². The highest BCUT2D eigenvalue weighted by Gasteiger charge is 2.42. The van der Waals surface area contributed by atoms with Crippen LogP contribution in [0.3, 0.4) is 0 Å². The first kappa shape index (κ1) is 35.9. The molecule has 0 bridgehead atoms. The minimum absolute atomic E-state index is 0.0373. The van der Waals surface area contributed by atoms with Crippen LogP contribution in [0.1, 0.15) is 96.7 Å². The molecule has 2 fully saturated rings. The second kappa shape index (κ2) is 16.0. The van der Waals surface area contributed by atoms with Gasteiger partial charge in [0.05, 0.1) is 10.9 Å². The van der Waals surface area contributed by atoms with Gasteiger partial charge in [-0.05, 0) is 48.0 Å². The van der Waals surface area contributed by atoms with E-state index >= 15 is 0 Å². The molecule has 2 aliphatic rings. The zero-order valence-corrected chi connectivity index (χ0v) is 27.3. The summed E-state index contributed by atoms with van der Waals surface area (Å²) in [4.78, 5) is 77.8. The minimum Gasteiger partial charge on any atom is -0.363 e. The largest absolute Gasteiger partial charge is 0.363 e. The third-order valence-corrected chi connectivity index (χ3v) is 8.61. The standard InChI is InChI=1S/C27H41N5O6S.C4H8/c1-7-16(21(34)23(28)35)29-24(36)18-10-8-12-32(18)25(37)22(27(4,5)6)31-26(38)30-17(15(2)3)14-19(33)20-11-9-13-39-20;1-4-2-3-4/h9,11,13,15-18,22H,7-8,10,12,14H2,1-6H3,(H2,28,35)(H,29,36)(H2,30,31,38);4H,2-3H2,1H3. The summed E-state index contributed by atoms with van der Waals surface area (Å²) < 4.78 is 0. The zero-order valence-electron chi connectivity index (χ0n) is 26.5. The summed E-state index contributed by atoms with van der Waals surface area (Å²) in [6, 6.07) is -0.386. The Labute approximate surface area is 259 Å². The topological polar surface area (TPSA) is 168 Å². The molecule has 0 spiro atoms. The number of nitrogens with two attached hydrogens (primary N) is 1. The van der Waals surface area contributed by atoms with Crippen molar-refractivity contribution < 1.29 is 28.8 Å². The molecule has 5 N–H and O–H groups in total. The van der Waals surface area contributed by atoms with Gasteiger partial charge in [-0.1, -0.05) is 67.4 Å². The van der Waals surface area contributed by atoms with E-state index in [-0.39, 0.29) is 24.5 Å². The number of nitrogens with one attached hydrogen (secondary N) is 3. The van der Waals surface area contributed by atoms with Crippen LogP contribution in [0.15, 0.2) is 17.5 Å². The lowest BCUT2D eigenvalue weighted by Gasteiger charge is -2.36. The van der Waals surface area contributed by atoms with E-state index in [0.29, 0.717) is 24.3 Å². The van der Waals surface area contributed by atoms with Gasteiger partial charge in [-0.3, -0.25) is 24.0 Å². The number of Topliss-reactive ketones (excluding diaryl/α,β-unsaturated/α-hetero) is 2. The molecule has 1 saturated heterocycles. The Morgan fingerprint density at radius 2 is 1.67 bits per heavy atom. The molecule has 240 valence electrons. The van der Waals surface area contributed by atoms with Crippen molar-refractivity contribution >= 4 is 46.7 Å². The van der Waals surface area contributed by atoms with Crippen LogP contribution in [0.2, 0.25) is 0 Å². The number of nitrogens with zero attached hydrogens (tertiary/aromatic N) is 1. The Morgan fingerprint density at radius 3 is 2.14 bits per heavy atom. The summed E-state index contributed by atoms with van der Waals surface area (Å²) in [6.07, 6.45) is 4.21. The third-order valence-electron chi connectivity index (χ3n) is 7.70. The molecule has 11 nitrogen and oxygen atoms in total. The molecule has 4 atom stereocenters. The molecule has 5 amide bonds. The normalized spacial score (nSPS) is 18.5. The second-order valence-corrected chi connectivity index (χ2v) is 13.9. The van der Waals surface area contributed by atoms with Gasteiger partial charge in [0.25, 0.3) is 5.91 Å². The van der Waals surface area contributed by atoms with E-state index in [9.17, 15) is 28.8 Å². The van der Waals surface area contributed by atoms with Gasteiger partial charge in [-0.2, -0.15) is 0 Å². The molecule has 4 unspecified atom stereocenters. The Bertz CT molecular complexity index is 1140. The Hall–Kier alpha value is -3.28. The van der Waals surface area contributed by atoms with Gasteiger partial charge in [0.2, 0.25) is 17.6 Å². The number of amides is 5. The fourth-order valence-electron chi connectivity index (χ4n) is 4.61. The van der Waals surface area contributed by atoms with Gasteiger partial charge in [0.1, 0.15) is 12.1 Å². The number of carbonyl (C=O) groups excluding carboxylic acids is 6. The van der Waals surface area contributed by atoms with Crippen molar-refractivity contribution in [1.29, 1.82) is 0 Å². The van der Waals surface area contributed by atoms with Crippen LogP contribution in [-0.4, -0.2) is 70.9 Å². The quantitative estimate of drug-likeness (QED) is 0.207. The number of hydrogen-bond donors (Lipinski definition) is 4. The Morgan fingerprint density at radius 1 is 1.05 bits per heavy atom. The smallest absolute Gasteiger partial charge is 0.315 e. The molecule has 1 aromatic rings. The Kier molecular flexibility index (Phi) is 13.3. The van der Waals surface area contributed by atoms with Crippen LogP contribution in [-0.2, 0) is 19.2 Å². The van der Waals surface area contributed by atoms with E-state index in [1.807, 2.05) is 19.2 Å². The molecule has 1 aromatic heterocycles. The van der Waals surface area contributed by atoms with Gasteiger partial charge in [0.15, 0.2) is 5.78 Å². The van der Waals surface area contributed by atoms with Crippen molar-refractivity contribution in [3.05, 3.63) is 22.4 Å². The maximum atomic E-state index is 13.7. The molecule has 1 aliphatic heterocycles. The second-order valence-electron chi connectivity index (χ2n) is 12.9. The number of primary amides is 1. The predicted molar refractivity (Wildman–Crippen MR) is 166 cm³/mol. The fraction of sp³-hybridized carbons (Fsp3) is 0.677. The minimum atomic E-state index is -1.14. The summed E-state index contributed by atoms with van der Waals surface area (Å²) in [5.74, 6) is -2.04. The number of ketones is 2. The highest BCUT2D eigenvalue weighted by Crippen LogP contribution is 2.27. The van der Waals surface area contributed by atoms with Crippen LogP contribution >= 0.6 is 11.3 Å². The molecule has 43 heavy (non-hydrogen) atoms. The lowest BCUT2D eigenvalue weighted by molar-refractivity contribution is -0.143. The SMILES string of the molecule is CC1CC1.CCC(NC(=O)C1CCCN1C(=O)C(NC(=O)NC(CC(=O)c1cccs1)C(C)C)C(C)(C)C)C(=O)C(N)=O. The van der Waals surface area contributed by atoms with E-state index in [2.05, 4.69) is 22.9 Å². The molecule has 2 heterocycles. The molecule has 0 radical (unpaired) electrons. The van der Waals surface area contributed by atoms with Crippen LogP contribution < -0.4 is 21.7 Å². The first-order chi connectivity index (χ1) is 20.1. The number of hydrogen-bond acceptors (Lipinski definition) is 7. The average Bonchev–Trinajstić information content (AvgIpc) is 3.36. The number of urea groups is 1. The highest BCUT2D eigenvalue weighted by atomic mass is 32.1. The molecule has 1 saturated carbocycles. The van der Waals surface area contributed by atoms with Crippen molar-refractivity contribution in [2.75, 3.05) is 6.54 Å². The van der Waals surface area contributed by atoms with Crippen molar-refractivity contribution in [3.63, 3.8) is 0 Å². The average molecular weight is 620 g/mol. The monoisotopic (exact) mass is 619 g/mol. The number of likely N-dealkylation sites (tertiary alicyclic amines) is 1. The molecular weight excluding hydrogens is 570 g/mol. The van der Waals surface area contributed by atoms with Crippen LogP contribution in [0, 0.1) is 17.3 Å². The van der Waals surface area contributed by atoms with E-state index in [1.165, 1.54) is 29.1 Å². The van der Waals surface area contributed by atoms with Gasteiger partial charge in [-0.25, -0.2) is 4.79 Å². The van der Waals surface area contributed by atoms with E-state index in [1.54, 1.807) is 39.8 Å². The fourth-order valence-corrected chi connectivity index (χ4v) is 5.28. The molecular formula is C31H49N5O6S. The lowest BCUT2D eigenvalue weighted by Crippen LogP contribution is -2.60. The van der Waals surface area contributed by atoms with Crippen molar-refractivity contribution in [3.8, 4) is 0 Å². The summed E-state index contributed by atoms with van der Waals surface area (Å²) in [6.45, 7) is 13.4. The van der Waals surface area contributed by atoms with Crippen LogP contribution in [0.25, 0.3) is 0 Å². The predicted octanol–water partition coefficient (Wildman–Crippen LogP) is 3.42. The van der Waals surface area contributed by atoms with Crippen molar-refractivity contribution in [2.45, 2.75) is 111 Å². The lowest BCUT2D eigenvalue weighted by atomic mass is 9.85.